The summed E-state index contributed by atoms with van der Waals surface area (Å²) in [6.07, 6.45) is 2.61. The van der Waals surface area contributed by atoms with E-state index >= 15 is 0 Å². The van der Waals surface area contributed by atoms with Gasteiger partial charge in [0.2, 0.25) is 0 Å². The average Bonchev–Trinajstić information content (AvgIpc) is 3.25. The predicted molar refractivity (Wildman–Crippen MR) is 89.5 cm³/mol. The molecule has 2 aromatic carbocycles. The molecule has 110 valence electrons. The quantitative estimate of drug-likeness (QED) is 0.830. The van der Waals surface area contributed by atoms with Crippen molar-refractivity contribution in [1.82, 2.24) is 5.32 Å². The van der Waals surface area contributed by atoms with Gasteiger partial charge in [-0.3, -0.25) is 0 Å². The highest BCUT2D eigenvalue weighted by Gasteiger charge is 2.37. The van der Waals surface area contributed by atoms with Crippen LogP contribution >= 0.6 is 0 Å². The molecule has 2 aromatic rings. The van der Waals surface area contributed by atoms with Gasteiger partial charge in [-0.15, -0.1) is 0 Å². The fourth-order valence-corrected chi connectivity index (χ4v) is 3.28. The van der Waals surface area contributed by atoms with Crippen LogP contribution in [-0.4, -0.2) is 6.04 Å². The molecule has 1 aliphatic rings. The molecule has 0 heterocycles. The van der Waals surface area contributed by atoms with Crippen LogP contribution in [0.5, 0.6) is 0 Å². The van der Waals surface area contributed by atoms with Crippen molar-refractivity contribution in [2.75, 3.05) is 0 Å². The standard InChI is InChI=1S/C20H25N/c1-4-16-13-19(16)21-20(17-8-6-5-7-9-17)18-11-10-14(2)12-15(18)3/h5-12,16,19-21H,4,13H2,1-3H3. The highest BCUT2D eigenvalue weighted by atomic mass is 15.0. The van der Waals surface area contributed by atoms with E-state index in [0.717, 1.165) is 5.92 Å². The molecule has 21 heavy (non-hydrogen) atoms. The third-order valence-electron chi connectivity index (χ3n) is 4.70. The minimum Gasteiger partial charge on any atom is -0.303 e. The SMILES string of the molecule is CCC1CC1NC(c1ccccc1)c1ccc(C)cc1C. The normalized spacial score (nSPS) is 22.0. The molecule has 0 spiro atoms. The van der Waals surface area contributed by atoms with E-state index in [1.165, 1.54) is 35.1 Å². The predicted octanol–water partition coefficient (Wildman–Crippen LogP) is 4.78. The number of nitrogens with one attached hydrogen (secondary N) is 1. The van der Waals surface area contributed by atoms with Gasteiger partial charge in [0.1, 0.15) is 0 Å². The number of hydrogen-bond donors (Lipinski definition) is 1. The van der Waals surface area contributed by atoms with Gasteiger partial charge in [-0.25, -0.2) is 0 Å². The van der Waals surface area contributed by atoms with Gasteiger partial charge in [-0.1, -0.05) is 67.4 Å². The Labute approximate surface area is 128 Å². The first kappa shape index (κ1) is 14.3. The fraction of sp³-hybridized carbons (Fsp3) is 0.400. The van der Waals surface area contributed by atoms with E-state index in [4.69, 9.17) is 0 Å². The van der Waals surface area contributed by atoms with E-state index in [9.17, 15) is 0 Å². The molecule has 0 bridgehead atoms. The van der Waals surface area contributed by atoms with Crippen molar-refractivity contribution in [3.8, 4) is 0 Å². The van der Waals surface area contributed by atoms with E-state index in [-0.39, 0.29) is 0 Å². The molecule has 0 radical (unpaired) electrons. The van der Waals surface area contributed by atoms with Crippen LogP contribution in [0.25, 0.3) is 0 Å². The maximum absolute atomic E-state index is 3.88. The Morgan fingerprint density at radius 1 is 1.10 bits per heavy atom. The van der Waals surface area contributed by atoms with Crippen LogP contribution in [0.3, 0.4) is 0 Å². The van der Waals surface area contributed by atoms with Gasteiger partial charge in [-0.2, -0.15) is 0 Å². The molecular formula is C20H25N. The second kappa shape index (κ2) is 6.03. The molecule has 0 aromatic heterocycles. The lowest BCUT2D eigenvalue weighted by atomic mass is 9.93. The molecule has 0 saturated heterocycles. The maximum Gasteiger partial charge on any atom is 0.0581 e. The van der Waals surface area contributed by atoms with Crippen molar-refractivity contribution in [2.45, 2.75) is 45.7 Å². The van der Waals surface area contributed by atoms with Crippen LogP contribution in [0.2, 0.25) is 0 Å². The van der Waals surface area contributed by atoms with Gasteiger partial charge in [-0.05, 0) is 42.9 Å². The fourth-order valence-electron chi connectivity index (χ4n) is 3.28. The minimum atomic E-state index is 0.313. The van der Waals surface area contributed by atoms with Gasteiger partial charge in [0.05, 0.1) is 6.04 Å². The van der Waals surface area contributed by atoms with Crippen LogP contribution in [0, 0.1) is 19.8 Å². The molecule has 1 heteroatoms. The lowest BCUT2D eigenvalue weighted by Gasteiger charge is -2.22. The lowest BCUT2D eigenvalue weighted by molar-refractivity contribution is 0.561. The van der Waals surface area contributed by atoms with E-state index < -0.39 is 0 Å². The Bertz CT molecular complexity index is 602. The highest BCUT2D eigenvalue weighted by molar-refractivity contribution is 5.39. The first-order valence-electron chi connectivity index (χ1n) is 8.07. The summed E-state index contributed by atoms with van der Waals surface area (Å²) in [7, 11) is 0. The molecule has 3 rings (SSSR count). The summed E-state index contributed by atoms with van der Waals surface area (Å²) in [6, 6.07) is 18.6. The van der Waals surface area contributed by atoms with Crippen molar-refractivity contribution in [1.29, 1.82) is 0 Å². The molecular weight excluding hydrogens is 254 g/mol. The Balaban J connectivity index is 1.92. The molecule has 1 fully saturated rings. The third kappa shape index (κ3) is 3.19. The van der Waals surface area contributed by atoms with Gasteiger partial charge in [0.15, 0.2) is 0 Å². The molecule has 1 aliphatic carbocycles. The van der Waals surface area contributed by atoms with E-state index in [0.29, 0.717) is 12.1 Å². The molecule has 1 nitrogen and oxygen atoms in total. The molecule has 3 unspecified atom stereocenters. The van der Waals surface area contributed by atoms with Gasteiger partial charge in [0.25, 0.3) is 0 Å². The van der Waals surface area contributed by atoms with Gasteiger partial charge in [0, 0.05) is 6.04 Å². The highest BCUT2D eigenvalue weighted by Crippen LogP contribution is 2.37. The van der Waals surface area contributed by atoms with E-state index in [2.05, 4.69) is 74.6 Å². The average molecular weight is 279 g/mol. The molecule has 3 atom stereocenters. The summed E-state index contributed by atoms with van der Waals surface area (Å²) in [5.74, 6) is 0.863. The van der Waals surface area contributed by atoms with Crippen molar-refractivity contribution < 1.29 is 0 Å². The number of hydrogen-bond acceptors (Lipinski definition) is 1. The second-order valence-electron chi connectivity index (χ2n) is 6.38. The number of aryl methyl sites for hydroxylation is 2. The lowest BCUT2D eigenvalue weighted by Crippen LogP contribution is -2.26. The Morgan fingerprint density at radius 3 is 2.48 bits per heavy atom. The zero-order valence-corrected chi connectivity index (χ0v) is 13.3. The topological polar surface area (TPSA) is 12.0 Å². The van der Waals surface area contributed by atoms with Crippen molar-refractivity contribution in [3.63, 3.8) is 0 Å². The first-order valence-corrected chi connectivity index (χ1v) is 8.07. The zero-order valence-electron chi connectivity index (χ0n) is 13.3. The maximum atomic E-state index is 3.88. The largest absolute Gasteiger partial charge is 0.303 e. The van der Waals surface area contributed by atoms with Gasteiger partial charge < -0.3 is 5.32 Å². The summed E-state index contributed by atoms with van der Waals surface area (Å²) in [4.78, 5) is 0. The zero-order chi connectivity index (χ0) is 14.8. The Kier molecular flexibility index (Phi) is 4.12. The molecule has 0 aliphatic heterocycles. The minimum absolute atomic E-state index is 0.313. The first-order chi connectivity index (χ1) is 10.2. The van der Waals surface area contributed by atoms with Crippen LogP contribution in [0.1, 0.15) is 48.1 Å². The summed E-state index contributed by atoms with van der Waals surface area (Å²) in [5, 5.41) is 3.88. The summed E-state index contributed by atoms with van der Waals surface area (Å²) in [6.45, 7) is 6.68. The van der Waals surface area contributed by atoms with Crippen LogP contribution in [-0.2, 0) is 0 Å². The summed E-state index contributed by atoms with van der Waals surface area (Å²) < 4.78 is 0. The molecule has 1 N–H and O–H groups in total. The number of rotatable bonds is 5. The van der Waals surface area contributed by atoms with E-state index in [1.54, 1.807) is 0 Å². The summed E-state index contributed by atoms with van der Waals surface area (Å²) in [5.41, 5.74) is 5.49. The molecule has 1 saturated carbocycles. The van der Waals surface area contributed by atoms with Crippen molar-refractivity contribution in [2.24, 2.45) is 5.92 Å². The Morgan fingerprint density at radius 2 is 1.86 bits per heavy atom. The van der Waals surface area contributed by atoms with Gasteiger partial charge >= 0.3 is 0 Å². The molecule has 0 amide bonds. The van der Waals surface area contributed by atoms with E-state index in [1.807, 2.05) is 0 Å². The smallest absolute Gasteiger partial charge is 0.0581 e. The Hall–Kier alpha value is -1.60. The summed E-state index contributed by atoms with van der Waals surface area (Å²) >= 11 is 0. The van der Waals surface area contributed by atoms with Crippen LogP contribution in [0.15, 0.2) is 48.5 Å². The van der Waals surface area contributed by atoms with Crippen molar-refractivity contribution >= 4 is 0 Å². The van der Waals surface area contributed by atoms with Crippen LogP contribution in [0.4, 0.5) is 0 Å². The second-order valence-corrected chi connectivity index (χ2v) is 6.38. The third-order valence-corrected chi connectivity index (χ3v) is 4.70. The monoisotopic (exact) mass is 279 g/mol. The van der Waals surface area contributed by atoms with Crippen molar-refractivity contribution in [3.05, 3.63) is 70.8 Å². The van der Waals surface area contributed by atoms with Crippen LogP contribution < -0.4 is 5.32 Å². The number of benzene rings is 2.